The Morgan fingerprint density at radius 1 is 0.680 bits per heavy atom. The Balaban J connectivity index is -0.000000180. The van der Waals surface area contributed by atoms with Gasteiger partial charge in [-0.05, 0) is 0 Å². The molecule has 0 bridgehead atoms. The van der Waals surface area contributed by atoms with Crippen molar-refractivity contribution in [2.45, 2.75) is 0 Å². The molecular formula is C10H15Cl2N2Na3O8. The van der Waals surface area contributed by atoms with E-state index in [-0.39, 0.29) is 127 Å². The van der Waals surface area contributed by atoms with E-state index in [1.165, 1.54) is 0 Å². The number of carboxylic acids is 4. The zero-order valence-corrected chi connectivity index (χ0v) is 21.8. The topological polar surface area (TPSA) is 161 Å². The van der Waals surface area contributed by atoms with E-state index in [0.717, 1.165) is 9.80 Å². The third kappa shape index (κ3) is 27.7. The van der Waals surface area contributed by atoms with Gasteiger partial charge in [0.2, 0.25) is 0 Å². The van der Waals surface area contributed by atoms with Crippen molar-refractivity contribution < 1.29 is 141 Å². The zero-order chi connectivity index (χ0) is 15.7. The van der Waals surface area contributed by atoms with Gasteiger partial charge in [-0.3, -0.25) is 19.4 Å². The van der Waals surface area contributed by atoms with Crippen LogP contribution in [0.25, 0.3) is 0 Å². The summed E-state index contributed by atoms with van der Waals surface area (Å²) in [7, 11) is 0. The minimum Gasteiger partial charge on any atom is -1.00 e. The molecule has 0 aromatic rings. The Bertz CT molecular complexity index is 338. The van der Waals surface area contributed by atoms with E-state index in [4.69, 9.17) is 10.2 Å². The van der Waals surface area contributed by atoms with Crippen molar-refractivity contribution in [1.82, 2.24) is 9.80 Å². The third-order valence-corrected chi connectivity index (χ3v) is 2.16. The van der Waals surface area contributed by atoms with Gasteiger partial charge >= 0.3 is 101 Å². The van der Waals surface area contributed by atoms with Crippen LogP contribution in [0.2, 0.25) is 0 Å². The Morgan fingerprint density at radius 3 is 1.08 bits per heavy atom. The second-order valence-electron chi connectivity index (χ2n) is 3.95. The van der Waals surface area contributed by atoms with E-state index >= 15 is 0 Å². The minimum atomic E-state index is -1.49. The molecule has 0 atom stereocenters. The first-order valence-corrected chi connectivity index (χ1v) is 5.48. The van der Waals surface area contributed by atoms with Crippen molar-refractivity contribution >= 4 is 36.3 Å². The van der Waals surface area contributed by atoms with E-state index in [1.807, 2.05) is 0 Å². The Labute approximate surface area is 223 Å². The van der Waals surface area contributed by atoms with Crippen LogP contribution in [-0.2, 0) is 19.2 Å². The van der Waals surface area contributed by atoms with Crippen LogP contribution in [0.15, 0.2) is 0 Å². The molecule has 0 aliphatic carbocycles. The first-order valence-electron chi connectivity index (χ1n) is 5.48. The summed E-state index contributed by atoms with van der Waals surface area (Å²) >= 11 is 0. The van der Waals surface area contributed by atoms with Crippen molar-refractivity contribution in [2.75, 3.05) is 39.3 Å². The van der Waals surface area contributed by atoms with Crippen molar-refractivity contribution in [3.05, 3.63) is 0 Å². The molecule has 0 spiro atoms. The van der Waals surface area contributed by atoms with Crippen molar-refractivity contribution in [1.29, 1.82) is 0 Å². The minimum absolute atomic E-state index is 0. The number of hydrogen-bond donors (Lipinski definition) is 2. The van der Waals surface area contributed by atoms with Crippen molar-refractivity contribution in [3.8, 4) is 0 Å². The molecule has 0 radical (unpaired) electrons. The van der Waals surface area contributed by atoms with Crippen LogP contribution >= 0.6 is 12.4 Å². The number of carboxylic acid groups (broad SMARTS) is 4. The second-order valence-corrected chi connectivity index (χ2v) is 3.95. The fraction of sp³-hybridized carbons (Fsp3) is 0.600. The molecule has 0 aromatic carbocycles. The summed E-state index contributed by atoms with van der Waals surface area (Å²) in [6, 6.07) is 0. The van der Waals surface area contributed by atoms with Crippen molar-refractivity contribution in [3.63, 3.8) is 0 Å². The largest absolute Gasteiger partial charge is 1.00 e. The molecule has 0 heterocycles. The van der Waals surface area contributed by atoms with Gasteiger partial charge in [-0.15, -0.1) is 12.4 Å². The van der Waals surface area contributed by atoms with Crippen molar-refractivity contribution in [2.24, 2.45) is 0 Å². The zero-order valence-electron chi connectivity index (χ0n) is 14.3. The molecule has 15 heteroatoms. The van der Waals surface area contributed by atoms with Gasteiger partial charge in [-0.1, -0.05) is 0 Å². The molecule has 0 amide bonds. The molecule has 0 aliphatic heterocycles. The van der Waals surface area contributed by atoms with Gasteiger partial charge < -0.3 is 42.4 Å². The average Bonchev–Trinajstić information content (AvgIpc) is 2.22. The molecule has 0 aliphatic rings. The maximum absolute atomic E-state index is 10.5. The number of halogens is 2. The summed E-state index contributed by atoms with van der Waals surface area (Å²) in [4.78, 5) is 43.9. The monoisotopic (exact) mass is 430 g/mol. The van der Waals surface area contributed by atoms with E-state index in [2.05, 4.69) is 0 Å². The summed E-state index contributed by atoms with van der Waals surface area (Å²) in [5.41, 5.74) is 0. The first-order chi connectivity index (χ1) is 9.20. The van der Waals surface area contributed by atoms with E-state index < -0.39 is 50.1 Å². The van der Waals surface area contributed by atoms with Gasteiger partial charge in [-0.2, -0.15) is 0 Å². The van der Waals surface area contributed by atoms with Gasteiger partial charge in [-0.25, -0.2) is 0 Å². The molecule has 130 valence electrons. The maximum Gasteiger partial charge on any atom is 1.00 e. The normalized spacial score (nSPS) is 8.56. The predicted molar refractivity (Wildman–Crippen MR) is 65.4 cm³/mol. The summed E-state index contributed by atoms with van der Waals surface area (Å²) in [5, 5.41) is 38.0. The quantitative estimate of drug-likeness (QED) is 0.301. The Kier molecular flexibility index (Phi) is 38.3. The van der Waals surface area contributed by atoms with Gasteiger partial charge in [0.05, 0.1) is 25.0 Å². The van der Waals surface area contributed by atoms with Crippen LogP contribution in [0, 0.1) is 0 Å². The van der Waals surface area contributed by atoms with Gasteiger partial charge in [0.1, 0.15) is 0 Å². The number of hydrogen-bond acceptors (Lipinski definition) is 8. The SMILES string of the molecule is Cl.O=C([O-])CN(CCN(CC(=O)[O-])CC(=O)O)CC(=O)O.[Cl-].[Na+].[Na+].[Na+]. The molecule has 0 fully saturated rings. The summed E-state index contributed by atoms with van der Waals surface area (Å²) in [6.07, 6.45) is 0. The van der Waals surface area contributed by atoms with Gasteiger partial charge in [0.15, 0.2) is 0 Å². The smallest absolute Gasteiger partial charge is 1.00 e. The van der Waals surface area contributed by atoms with Gasteiger partial charge in [0, 0.05) is 26.2 Å². The van der Waals surface area contributed by atoms with Crippen LogP contribution in [-0.4, -0.2) is 83.2 Å². The number of carbonyl (C=O) groups excluding carboxylic acids is 2. The van der Waals surface area contributed by atoms with Crippen LogP contribution in [0.5, 0.6) is 0 Å². The molecule has 10 nitrogen and oxygen atoms in total. The number of rotatable bonds is 11. The van der Waals surface area contributed by atoms with Crippen LogP contribution < -0.4 is 111 Å². The molecule has 0 unspecified atom stereocenters. The number of nitrogens with zero attached hydrogens (tertiary/aromatic N) is 2. The van der Waals surface area contributed by atoms with E-state index in [9.17, 15) is 29.4 Å². The molecule has 2 N–H and O–H groups in total. The standard InChI is InChI=1S/C10H16N2O8.2ClH.3Na/c13-7(14)3-11(4-8(15)16)1-2-12(5-9(17)18)6-10(19)20;;;;;/h1-6H2,(H,13,14)(H,15,16)(H,17,18)(H,19,20);2*1H;;;/q;;;3*+1/p-3. The molecule has 25 heavy (non-hydrogen) atoms. The van der Waals surface area contributed by atoms with Crippen LogP contribution in [0.1, 0.15) is 0 Å². The summed E-state index contributed by atoms with van der Waals surface area (Å²) in [5.74, 6) is -5.52. The summed E-state index contributed by atoms with van der Waals surface area (Å²) in [6.45, 7) is -2.75. The molecular weight excluding hydrogens is 416 g/mol. The number of aliphatic carboxylic acids is 4. The number of carbonyl (C=O) groups is 4. The molecule has 0 rings (SSSR count). The fourth-order valence-corrected chi connectivity index (χ4v) is 1.46. The third-order valence-electron chi connectivity index (χ3n) is 2.16. The second kappa shape index (κ2) is 23.4. The molecule has 0 saturated heterocycles. The van der Waals surface area contributed by atoms with Crippen LogP contribution in [0.4, 0.5) is 0 Å². The van der Waals surface area contributed by atoms with E-state index in [0.29, 0.717) is 0 Å². The average molecular weight is 431 g/mol. The Morgan fingerprint density at radius 2 is 0.920 bits per heavy atom. The Hall–Kier alpha value is 1.38. The fourth-order valence-electron chi connectivity index (χ4n) is 1.46. The molecule has 0 aromatic heterocycles. The van der Waals surface area contributed by atoms with Gasteiger partial charge in [0.25, 0.3) is 0 Å². The first kappa shape index (κ1) is 40.9. The predicted octanol–water partition coefficient (Wildman–Crippen LogP) is -16.3. The van der Waals surface area contributed by atoms with E-state index in [1.54, 1.807) is 0 Å². The maximum atomic E-state index is 10.5. The summed E-state index contributed by atoms with van der Waals surface area (Å²) < 4.78 is 0. The van der Waals surface area contributed by atoms with Crippen LogP contribution in [0.3, 0.4) is 0 Å². The molecule has 0 saturated carbocycles.